The largest absolute Gasteiger partial charge is 0.507 e. The van der Waals surface area contributed by atoms with E-state index in [4.69, 9.17) is 4.74 Å². The maximum atomic E-state index is 11.3. The van der Waals surface area contributed by atoms with Gasteiger partial charge in [0.05, 0.1) is 0 Å². The lowest BCUT2D eigenvalue weighted by Crippen LogP contribution is -2.34. The van der Waals surface area contributed by atoms with E-state index in [-0.39, 0.29) is 22.5 Å². The third kappa shape index (κ3) is 2.19. The number of aromatic hydroxyl groups is 1. The van der Waals surface area contributed by atoms with Crippen LogP contribution < -0.4 is 4.74 Å². The molecule has 110 valence electrons. The molecule has 0 saturated heterocycles. The Morgan fingerprint density at radius 1 is 1.25 bits per heavy atom. The standard InChI is InChI=1S/C17H24O3/c1-11-7-8-13(20-12(2)18)14(15(11)19)17(5)10-6-9-16(17,3)4/h7-8,19H,6,9-10H2,1-5H3/t17-/m0/s1. The molecule has 3 heteroatoms. The zero-order valence-electron chi connectivity index (χ0n) is 13.0. The Bertz CT molecular complexity index is 545. The second-order valence-corrected chi connectivity index (χ2v) is 6.77. The Morgan fingerprint density at radius 3 is 2.40 bits per heavy atom. The van der Waals surface area contributed by atoms with Gasteiger partial charge < -0.3 is 9.84 Å². The minimum absolute atomic E-state index is 0.0627. The molecular formula is C17H24O3. The van der Waals surface area contributed by atoms with Crippen molar-refractivity contribution in [1.82, 2.24) is 0 Å². The van der Waals surface area contributed by atoms with Gasteiger partial charge in [0.1, 0.15) is 11.5 Å². The van der Waals surface area contributed by atoms with Crippen LogP contribution in [0.3, 0.4) is 0 Å². The molecule has 1 aliphatic carbocycles. The van der Waals surface area contributed by atoms with Gasteiger partial charge in [-0.1, -0.05) is 33.3 Å². The lowest BCUT2D eigenvalue weighted by molar-refractivity contribution is -0.132. The Hall–Kier alpha value is -1.51. The van der Waals surface area contributed by atoms with Gasteiger partial charge in [-0.25, -0.2) is 0 Å². The first-order valence-electron chi connectivity index (χ1n) is 7.20. The maximum Gasteiger partial charge on any atom is 0.308 e. The molecule has 0 radical (unpaired) electrons. The molecule has 0 unspecified atom stereocenters. The Balaban J connectivity index is 2.65. The summed E-state index contributed by atoms with van der Waals surface area (Å²) in [6.45, 7) is 9.88. The monoisotopic (exact) mass is 276 g/mol. The zero-order valence-corrected chi connectivity index (χ0v) is 13.0. The summed E-state index contributed by atoms with van der Waals surface area (Å²) in [7, 11) is 0. The second kappa shape index (κ2) is 4.80. The molecular weight excluding hydrogens is 252 g/mol. The molecule has 0 heterocycles. The molecule has 0 spiro atoms. The second-order valence-electron chi connectivity index (χ2n) is 6.77. The quantitative estimate of drug-likeness (QED) is 0.653. The predicted octanol–water partition coefficient (Wildman–Crippen LogP) is 4.09. The summed E-state index contributed by atoms with van der Waals surface area (Å²) in [5.74, 6) is 0.410. The van der Waals surface area contributed by atoms with Crippen LogP contribution in [0.5, 0.6) is 11.5 Å². The minimum Gasteiger partial charge on any atom is -0.507 e. The van der Waals surface area contributed by atoms with E-state index in [1.807, 2.05) is 6.92 Å². The molecule has 0 bridgehead atoms. The number of rotatable bonds is 2. The predicted molar refractivity (Wildman–Crippen MR) is 79.1 cm³/mol. The molecule has 1 saturated carbocycles. The third-order valence-corrected chi connectivity index (χ3v) is 5.12. The number of carbonyl (C=O) groups is 1. The van der Waals surface area contributed by atoms with E-state index in [1.165, 1.54) is 6.92 Å². The number of ether oxygens (including phenoxy) is 1. The van der Waals surface area contributed by atoms with Crippen LogP contribution in [0.2, 0.25) is 0 Å². The highest BCUT2D eigenvalue weighted by Crippen LogP contribution is 2.58. The summed E-state index contributed by atoms with van der Waals surface area (Å²) < 4.78 is 5.35. The average molecular weight is 276 g/mol. The van der Waals surface area contributed by atoms with Gasteiger partial charge in [0, 0.05) is 17.9 Å². The van der Waals surface area contributed by atoms with Gasteiger partial charge in [-0.15, -0.1) is 0 Å². The van der Waals surface area contributed by atoms with Crippen molar-refractivity contribution in [1.29, 1.82) is 0 Å². The van der Waals surface area contributed by atoms with Crippen molar-refractivity contribution >= 4 is 5.97 Å². The smallest absolute Gasteiger partial charge is 0.308 e. The van der Waals surface area contributed by atoms with Crippen LogP contribution in [-0.4, -0.2) is 11.1 Å². The van der Waals surface area contributed by atoms with Crippen LogP contribution in [0.1, 0.15) is 58.1 Å². The Kier molecular flexibility index (Phi) is 3.57. The van der Waals surface area contributed by atoms with Crippen molar-refractivity contribution in [2.24, 2.45) is 5.41 Å². The van der Waals surface area contributed by atoms with E-state index in [9.17, 15) is 9.90 Å². The number of phenolic OH excluding ortho intramolecular Hbond substituents is 1. The van der Waals surface area contributed by atoms with Crippen LogP contribution in [0.4, 0.5) is 0 Å². The summed E-state index contributed by atoms with van der Waals surface area (Å²) in [6, 6.07) is 3.59. The first kappa shape index (κ1) is 14.9. The maximum absolute atomic E-state index is 11.3. The van der Waals surface area contributed by atoms with Gasteiger partial charge in [0.2, 0.25) is 0 Å². The van der Waals surface area contributed by atoms with Crippen LogP contribution in [0, 0.1) is 12.3 Å². The highest BCUT2D eigenvalue weighted by atomic mass is 16.5. The fourth-order valence-electron chi connectivity index (χ4n) is 3.41. The number of phenols is 1. The molecule has 1 atom stereocenters. The first-order chi connectivity index (χ1) is 9.19. The number of benzene rings is 1. The minimum atomic E-state index is -0.353. The molecule has 1 N–H and O–H groups in total. The van der Waals surface area contributed by atoms with Crippen molar-refractivity contribution in [2.45, 2.75) is 59.3 Å². The van der Waals surface area contributed by atoms with Crippen molar-refractivity contribution in [3.8, 4) is 11.5 Å². The molecule has 1 aromatic rings. The van der Waals surface area contributed by atoms with E-state index >= 15 is 0 Å². The first-order valence-corrected chi connectivity index (χ1v) is 7.20. The molecule has 0 amide bonds. The van der Waals surface area contributed by atoms with Gasteiger partial charge in [0.15, 0.2) is 0 Å². The van der Waals surface area contributed by atoms with Crippen LogP contribution in [0.25, 0.3) is 0 Å². The van der Waals surface area contributed by atoms with Crippen molar-refractivity contribution in [2.75, 3.05) is 0 Å². The van der Waals surface area contributed by atoms with Crippen molar-refractivity contribution in [3.05, 3.63) is 23.3 Å². The lowest BCUT2D eigenvalue weighted by atomic mass is 9.64. The number of esters is 1. The van der Waals surface area contributed by atoms with Crippen LogP contribution in [-0.2, 0) is 10.2 Å². The SMILES string of the molecule is CC(=O)Oc1ccc(C)c(O)c1[C@]1(C)CCCC1(C)C. The number of hydrogen-bond acceptors (Lipinski definition) is 3. The van der Waals surface area contributed by atoms with Gasteiger partial charge in [-0.3, -0.25) is 4.79 Å². The molecule has 0 aliphatic heterocycles. The summed E-state index contributed by atoms with van der Waals surface area (Å²) in [4.78, 5) is 11.3. The summed E-state index contributed by atoms with van der Waals surface area (Å²) >= 11 is 0. The fraction of sp³-hybridized carbons (Fsp3) is 0.588. The van der Waals surface area contributed by atoms with E-state index in [2.05, 4.69) is 20.8 Å². The fourth-order valence-corrected chi connectivity index (χ4v) is 3.41. The molecule has 0 aromatic heterocycles. The molecule has 3 nitrogen and oxygen atoms in total. The van der Waals surface area contributed by atoms with Gasteiger partial charge in [0.25, 0.3) is 0 Å². The lowest BCUT2D eigenvalue weighted by Gasteiger charge is -2.40. The molecule has 1 aliphatic rings. The molecule has 2 rings (SSSR count). The number of carbonyl (C=O) groups excluding carboxylic acids is 1. The van der Waals surface area contributed by atoms with Crippen molar-refractivity contribution in [3.63, 3.8) is 0 Å². The van der Waals surface area contributed by atoms with E-state index in [0.717, 1.165) is 30.4 Å². The molecule has 1 fully saturated rings. The third-order valence-electron chi connectivity index (χ3n) is 5.12. The number of hydrogen-bond donors (Lipinski definition) is 1. The molecule has 1 aromatic carbocycles. The molecule has 20 heavy (non-hydrogen) atoms. The highest BCUT2D eigenvalue weighted by molar-refractivity contribution is 5.71. The topological polar surface area (TPSA) is 46.5 Å². The van der Waals surface area contributed by atoms with Gasteiger partial charge in [-0.2, -0.15) is 0 Å². The van der Waals surface area contributed by atoms with Crippen LogP contribution >= 0.6 is 0 Å². The van der Waals surface area contributed by atoms with Gasteiger partial charge in [-0.05, 0) is 36.8 Å². The summed E-state index contributed by atoms with van der Waals surface area (Å²) in [5.41, 5.74) is 1.48. The Labute approximate surface area is 121 Å². The van der Waals surface area contributed by atoms with Crippen LogP contribution in [0.15, 0.2) is 12.1 Å². The highest BCUT2D eigenvalue weighted by Gasteiger charge is 2.49. The Morgan fingerprint density at radius 2 is 1.90 bits per heavy atom. The van der Waals surface area contributed by atoms with E-state index < -0.39 is 0 Å². The van der Waals surface area contributed by atoms with E-state index in [1.54, 1.807) is 12.1 Å². The summed E-state index contributed by atoms with van der Waals surface area (Å²) in [6.07, 6.45) is 3.22. The number of aryl methyl sites for hydroxylation is 1. The van der Waals surface area contributed by atoms with Crippen molar-refractivity contribution < 1.29 is 14.6 Å². The average Bonchev–Trinajstić information content (AvgIpc) is 2.58. The van der Waals surface area contributed by atoms with Gasteiger partial charge >= 0.3 is 5.97 Å². The summed E-state index contributed by atoms with van der Waals surface area (Å²) in [5, 5.41) is 10.6. The zero-order chi connectivity index (χ0) is 15.1. The van der Waals surface area contributed by atoms with E-state index in [0.29, 0.717) is 5.75 Å². The normalized spacial score (nSPS) is 24.6.